The largest absolute Gasteiger partial charge is 0.365 e. The highest BCUT2D eigenvalue weighted by molar-refractivity contribution is 6.17. The Morgan fingerprint density at radius 2 is 2.24 bits per heavy atom. The van der Waals surface area contributed by atoms with Crippen molar-refractivity contribution in [3.63, 3.8) is 0 Å². The summed E-state index contributed by atoms with van der Waals surface area (Å²) in [4.78, 5) is 14.4. The van der Waals surface area contributed by atoms with Crippen molar-refractivity contribution in [2.45, 2.75) is 63.7 Å². The van der Waals surface area contributed by atoms with Crippen molar-refractivity contribution >= 4 is 17.5 Å². The normalized spacial score (nSPS) is 33.3. The van der Waals surface area contributed by atoms with E-state index < -0.39 is 0 Å². The van der Waals surface area contributed by atoms with Gasteiger partial charge in [-0.15, -0.1) is 11.6 Å². The van der Waals surface area contributed by atoms with Gasteiger partial charge >= 0.3 is 0 Å². The Hall–Kier alpha value is -0.280. The molecule has 3 atom stereocenters. The zero-order chi connectivity index (χ0) is 12.3. The summed E-state index contributed by atoms with van der Waals surface area (Å²) in [6.45, 7) is 2.95. The predicted molar refractivity (Wildman–Crippen MR) is 68.3 cm³/mol. The molecule has 3 nitrogen and oxygen atoms in total. The molecule has 0 N–H and O–H groups in total. The summed E-state index contributed by atoms with van der Waals surface area (Å²) in [7, 11) is 0. The van der Waals surface area contributed by atoms with Crippen LogP contribution in [0, 0.1) is 0 Å². The third-order valence-electron chi connectivity index (χ3n) is 3.84. The number of carbonyl (C=O) groups is 1. The molecule has 17 heavy (non-hydrogen) atoms. The van der Waals surface area contributed by atoms with Crippen molar-refractivity contribution in [3.8, 4) is 0 Å². The van der Waals surface area contributed by atoms with E-state index in [2.05, 4.69) is 0 Å². The summed E-state index contributed by atoms with van der Waals surface area (Å²) in [5, 5.41) is 0. The molecule has 2 rings (SSSR count). The Morgan fingerprint density at radius 3 is 2.88 bits per heavy atom. The minimum Gasteiger partial charge on any atom is -0.365 e. The van der Waals surface area contributed by atoms with Gasteiger partial charge in [0, 0.05) is 18.5 Å². The molecule has 2 saturated heterocycles. The summed E-state index contributed by atoms with van der Waals surface area (Å²) >= 11 is 5.73. The molecular formula is C13H22ClNO2. The van der Waals surface area contributed by atoms with E-state index in [1.165, 1.54) is 0 Å². The van der Waals surface area contributed by atoms with Crippen molar-refractivity contribution in [3.05, 3.63) is 0 Å². The van der Waals surface area contributed by atoms with E-state index in [1.807, 2.05) is 11.8 Å². The molecule has 3 unspecified atom stereocenters. The Labute approximate surface area is 108 Å². The predicted octanol–water partition coefficient (Wildman–Crippen LogP) is 2.56. The minimum atomic E-state index is -0.179. The summed E-state index contributed by atoms with van der Waals surface area (Å²) in [5.74, 6) is 0.904. The monoisotopic (exact) mass is 259 g/mol. The van der Waals surface area contributed by atoms with Gasteiger partial charge in [-0.1, -0.05) is 0 Å². The Kier molecular flexibility index (Phi) is 4.69. The number of carbonyl (C=O) groups excluding carboxylic acids is 1. The van der Waals surface area contributed by atoms with Crippen LogP contribution in [-0.2, 0) is 9.53 Å². The summed E-state index contributed by atoms with van der Waals surface area (Å²) < 4.78 is 5.67. The maximum absolute atomic E-state index is 12.3. The smallest absolute Gasteiger partial charge is 0.251 e. The molecule has 2 aliphatic rings. The molecule has 2 aliphatic heterocycles. The van der Waals surface area contributed by atoms with Crippen LogP contribution in [0.25, 0.3) is 0 Å². The Bertz CT molecular complexity index is 272. The van der Waals surface area contributed by atoms with Crippen LogP contribution in [0.15, 0.2) is 0 Å². The fourth-order valence-corrected chi connectivity index (χ4v) is 3.06. The molecule has 2 fully saturated rings. The molecule has 0 spiro atoms. The second-order valence-corrected chi connectivity index (χ2v) is 5.55. The minimum absolute atomic E-state index is 0.179. The van der Waals surface area contributed by atoms with Gasteiger partial charge in [-0.2, -0.15) is 0 Å². The molecule has 98 valence electrons. The van der Waals surface area contributed by atoms with E-state index in [1.54, 1.807) is 0 Å². The van der Waals surface area contributed by atoms with Crippen LogP contribution in [-0.4, -0.2) is 41.5 Å². The van der Waals surface area contributed by atoms with Crippen LogP contribution in [0.4, 0.5) is 0 Å². The fraction of sp³-hybridized carbons (Fsp3) is 0.923. The molecule has 0 aromatic carbocycles. The zero-order valence-electron chi connectivity index (χ0n) is 10.5. The van der Waals surface area contributed by atoms with Gasteiger partial charge < -0.3 is 9.64 Å². The number of nitrogens with zero attached hydrogens (tertiary/aromatic N) is 1. The number of alkyl halides is 1. The molecule has 0 aromatic heterocycles. The zero-order valence-corrected chi connectivity index (χ0v) is 11.3. The van der Waals surface area contributed by atoms with E-state index in [-0.39, 0.29) is 18.1 Å². The highest BCUT2D eigenvalue weighted by Crippen LogP contribution is 2.27. The van der Waals surface area contributed by atoms with E-state index in [0.717, 1.165) is 45.1 Å². The van der Waals surface area contributed by atoms with Gasteiger partial charge in [0.25, 0.3) is 5.91 Å². The maximum Gasteiger partial charge on any atom is 0.251 e. The number of hydrogen-bond acceptors (Lipinski definition) is 2. The van der Waals surface area contributed by atoms with Crippen molar-refractivity contribution in [2.75, 3.05) is 12.4 Å². The van der Waals surface area contributed by atoms with Crippen molar-refractivity contribution in [2.24, 2.45) is 0 Å². The summed E-state index contributed by atoms with van der Waals surface area (Å²) in [6, 6.07) is 0.403. The standard InChI is InChI=1S/C13H22ClNO2/c1-10-6-7-12(17-10)13(16)15-9-3-5-11(15)4-2-8-14/h10-12H,2-9H2,1H3. The highest BCUT2D eigenvalue weighted by Gasteiger charge is 2.36. The van der Waals surface area contributed by atoms with Gasteiger partial charge in [0.1, 0.15) is 6.10 Å². The number of rotatable bonds is 4. The van der Waals surface area contributed by atoms with Gasteiger partial charge in [-0.05, 0) is 45.4 Å². The molecule has 0 saturated carbocycles. The lowest BCUT2D eigenvalue weighted by molar-refractivity contribution is -0.143. The molecule has 0 radical (unpaired) electrons. The fourth-order valence-electron chi connectivity index (χ4n) is 2.91. The highest BCUT2D eigenvalue weighted by atomic mass is 35.5. The molecule has 2 heterocycles. The molecule has 0 aliphatic carbocycles. The Morgan fingerprint density at radius 1 is 1.41 bits per heavy atom. The number of likely N-dealkylation sites (tertiary alicyclic amines) is 1. The van der Waals surface area contributed by atoms with Gasteiger partial charge in [0.15, 0.2) is 0 Å². The second kappa shape index (κ2) is 6.05. The maximum atomic E-state index is 12.3. The number of amides is 1. The van der Waals surface area contributed by atoms with Crippen molar-refractivity contribution in [1.29, 1.82) is 0 Å². The average Bonchev–Trinajstić information content (AvgIpc) is 2.94. The van der Waals surface area contributed by atoms with E-state index in [9.17, 15) is 4.79 Å². The van der Waals surface area contributed by atoms with E-state index in [0.29, 0.717) is 11.9 Å². The lowest BCUT2D eigenvalue weighted by atomic mass is 10.1. The van der Waals surface area contributed by atoms with Crippen LogP contribution in [0.1, 0.15) is 45.4 Å². The first-order valence-corrected chi connectivity index (χ1v) is 7.27. The van der Waals surface area contributed by atoms with E-state index in [4.69, 9.17) is 16.3 Å². The second-order valence-electron chi connectivity index (χ2n) is 5.17. The van der Waals surface area contributed by atoms with Crippen LogP contribution in [0.2, 0.25) is 0 Å². The molecule has 4 heteroatoms. The van der Waals surface area contributed by atoms with Gasteiger partial charge in [0.2, 0.25) is 0 Å². The number of halogens is 1. The molecule has 0 aromatic rings. The SMILES string of the molecule is CC1CCC(C(=O)N2CCCC2CCCCl)O1. The first-order chi connectivity index (χ1) is 8.22. The first kappa shape index (κ1) is 13.2. The van der Waals surface area contributed by atoms with Gasteiger partial charge in [0.05, 0.1) is 6.10 Å². The molecule has 1 amide bonds. The lowest BCUT2D eigenvalue weighted by Crippen LogP contribution is -2.42. The van der Waals surface area contributed by atoms with Crippen LogP contribution < -0.4 is 0 Å². The Balaban J connectivity index is 1.89. The van der Waals surface area contributed by atoms with Crippen molar-refractivity contribution < 1.29 is 9.53 Å². The van der Waals surface area contributed by atoms with Crippen LogP contribution in [0.3, 0.4) is 0 Å². The number of hydrogen-bond donors (Lipinski definition) is 0. The quantitative estimate of drug-likeness (QED) is 0.727. The van der Waals surface area contributed by atoms with Gasteiger partial charge in [-0.3, -0.25) is 4.79 Å². The van der Waals surface area contributed by atoms with Crippen molar-refractivity contribution in [1.82, 2.24) is 4.90 Å². The average molecular weight is 260 g/mol. The van der Waals surface area contributed by atoms with E-state index >= 15 is 0 Å². The number of ether oxygens (including phenoxy) is 1. The third kappa shape index (κ3) is 3.14. The van der Waals surface area contributed by atoms with Crippen LogP contribution >= 0.6 is 11.6 Å². The third-order valence-corrected chi connectivity index (χ3v) is 4.11. The summed E-state index contributed by atoms with van der Waals surface area (Å²) in [6.07, 6.45) is 6.26. The summed E-state index contributed by atoms with van der Waals surface area (Å²) in [5.41, 5.74) is 0. The van der Waals surface area contributed by atoms with Crippen LogP contribution in [0.5, 0.6) is 0 Å². The topological polar surface area (TPSA) is 29.5 Å². The lowest BCUT2D eigenvalue weighted by Gasteiger charge is -2.27. The molecule has 0 bridgehead atoms. The van der Waals surface area contributed by atoms with Gasteiger partial charge in [-0.25, -0.2) is 0 Å². The first-order valence-electron chi connectivity index (χ1n) is 6.74. The molecular weight excluding hydrogens is 238 g/mol.